The van der Waals surface area contributed by atoms with E-state index in [2.05, 4.69) is 22.9 Å². The van der Waals surface area contributed by atoms with Crippen LogP contribution in [0.15, 0.2) is 36.9 Å². The van der Waals surface area contributed by atoms with Gasteiger partial charge in [0.25, 0.3) is 0 Å². The highest BCUT2D eigenvalue weighted by molar-refractivity contribution is 7.18. The van der Waals surface area contributed by atoms with Crippen LogP contribution in [0.5, 0.6) is 0 Å². The lowest BCUT2D eigenvalue weighted by Crippen LogP contribution is -2.23. The lowest BCUT2D eigenvalue weighted by Gasteiger charge is -1.98. The summed E-state index contributed by atoms with van der Waals surface area (Å²) in [4.78, 5) is 15.4. The molecule has 0 unspecified atom stereocenters. The summed E-state index contributed by atoms with van der Waals surface area (Å²) in [6.07, 6.45) is 2.04. The van der Waals surface area contributed by atoms with Gasteiger partial charge in [-0.25, -0.2) is 4.98 Å². The van der Waals surface area contributed by atoms with Crippen LogP contribution < -0.4 is 5.32 Å². The molecular weight excluding hydrogens is 220 g/mol. The average Bonchev–Trinajstić information content (AvgIpc) is 2.71. The number of carbonyl (C=O) groups is 1. The van der Waals surface area contributed by atoms with Gasteiger partial charge in [-0.05, 0) is 18.2 Å². The first kappa shape index (κ1) is 10.8. The fourth-order valence-electron chi connectivity index (χ4n) is 1.39. The van der Waals surface area contributed by atoms with E-state index < -0.39 is 0 Å². The van der Waals surface area contributed by atoms with Crippen molar-refractivity contribution in [2.24, 2.45) is 0 Å². The van der Waals surface area contributed by atoms with E-state index in [1.165, 1.54) is 10.8 Å². The molecule has 2 rings (SSSR count). The minimum atomic E-state index is -0.138. The van der Waals surface area contributed by atoms with Crippen molar-refractivity contribution in [2.45, 2.75) is 6.42 Å². The standard InChI is InChI=1S/C12H12N2OS/c1-2-11(15)13-8-7-12-14-9-5-3-4-6-10(9)16-12/h2-6H,1,7-8H2,(H,13,15). The Morgan fingerprint density at radius 3 is 3.06 bits per heavy atom. The van der Waals surface area contributed by atoms with Crippen molar-refractivity contribution in [2.75, 3.05) is 6.54 Å². The summed E-state index contributed by atoms with van der Waals surface area (Å²) in [6, 6.07) is 8.03. The third-order valence-electron chi connectivity index (χ3n) is 2.16. The van der Waals surface area contributed by atoms with E-state index in [9.17, 15) is 4.79 Å². The first-order valence-electron chi connectivity index (χ1n) is 5.04. The van der Waals surface area contributed by atoms with E-state index in [0.29, 0.717) is 6.54 Å². The van der Waals surface area contributed by atoms with E-state index in [1.54, 1.807) is 11.3 Å². The normalized spacial score (nSPS) is 10.2. The lowest BCUT2D eigenvalue weighted by molar-refractivity contribution is -0.116. The Morgan fingerprint density at radius 2 is 2.31 bits per heavy atom. The summed E-state index contributed by atoms with van der Waals surface area (Å²) < 4.78 is 1.19. The lowest BCUT2D eigenvalue weighted by atomic mass is 10.3. The molecule has 1 aromatic carbocycles. The third kappa shape index (κ3) is 2.46. The Hall–Kier alpha value is -1.68. The van der Waals surface area contributed by atoms with Crippen molar-refractivity contribution in [1.82, 2.24) is 10.3 Å². The Balaban J connectivity index is 1.99. The smallest absolute Gasteiger partial charge is 0.243 e. The number of amides is 1. The number of nitrogens with one attached hydrogen (secondary N) is 1. The molecule has 0 aliphatic heterocycles. The number of carbonyl (C=O) groups excluding carboxylic acids is 1. The number of thiazole rings is 1. The summed E-state index contributed by atoms with van der Waals surface area (Å²) in [7, 11) is 0. The molecule has 0 atom stereocenters. The number of nitrogens with zero attached hydrogens (tertiary/aromatic N) is 1. The summed E-state index contributed by atoms with van der Waals surface area (Å²) in [5, 5.41) is 3.78. The van der Waals surface area contributed by atoms with Crippen LogP contribution in [0.4, 0.5) is 0 Å². The zero-order valence-corrected chi connectivity index (χ0v) is 9.59. The topological polar surface area (TPSA) is 42.0 Å². The van der Waals surface area contributed by atoms with Crippen LogP contribution in [0.2, 0.25) is 0 Å². The fraction of sp³-hybridized carbons (Fsp3) is 0.167. The number of hydrogen-bond acceptors (Lipinski definition) is 3. The minimum absolute atomic E-state index is 0.138. The number of para-hydroxylation sites is 1. The largest absolute Gasteiger partial charge is 0.352 e. The van der Waals surface area contributed by atoms with Crippen LogP contribution in [0.1, 0.15) is 5.01 Å². The fourth-order valence-corrected chi connectivity index (χ4v) is 2.36. The molecule has 2 aromatic rings. The van der Waals surface area contributed by atoms with Crippen molar-refractivity contribution in [3.05, 3.63) is 41.9 Å². The Kier molecular flexibility index (Phi) is 3.31. The van der Waals surface area contributed by atoms with Crippen molar-refractivity contribution in [3.63, 3.8) is 0 Å². The van der Waals surface area contributed by atoms with E-state index in [1.807, 2.05) is 18.2 Å². The highest BCUT2D eigenvalue weighted by atomic mass is 32.1. The Morgan fingerprint density at radius 1 is 1.50 bits per heavy atom. The maximum atomic E-state index is 10.9. The molecule has 0 radical (unpaired) electrons. The number of rotatable bonds is 4. The summed E-state index contributed by atoms with van der Waals surface area (Å²) in [5.41, 5.74) is 1.03. The van der Waals surface area contributed by atoms with Gasteiger partial charge in [-0.3, -0.25) is 4.79 Å². The molecule has 1 aromatic heterocycles. The SMILES string of the molecule is C=CC(=O)NCCc1nc2ccccc2s1. The molecule has 82 valence electrons. The second-order valence-corrected chi connectivity index (χ2v) is 4.44. The van der Waals surface area contributed by atoms with Gasteiger partial charge in [-0.15, -0.1) is 11.3 Å². The Bertz CT molecular complexity index is 485. The molecular formula is C12H12N2OS. The Labute approximate surface area is 97.8 Å². The predicted molar refractivity (Wildman–Crippen MR) is 66.5 cm³/mol. The van der Waals surface area contributed by atoms with Crippen LogP contribution >= 0.6 is 11.3 Å². The van der Waals surface area contributed by atoms with Gasteiger partial charge in [0.1, 0.15) is 0 Å². The highest BCUT2D eigenvalue weighted by Crippen LogP contribution is 2.21. The number of aromatic nitrogens is 1. The summed E-state index contributed by atoms with van der Waals surface area (Å²) >= 11 is 1.67. The molecule has 0 saturated heterocycles. The molecule has 16 heavy (non-hydrogen) atoms. The van der Waals surface area contributed by atoms with Crippen molar-refractivity contribution >= 4 is 27.5 Å². The molecule has 4 heteroatoms. The molecule has 1 amide bonds. The number of benzene rings is 1. The molecule has 0 saturated carbocycles. The molecule has 0 fully saturated rings. The second kappa shape index (κ2) is 4.90. The van der Waals surface area contributed by atoms with Crippen LogP contribution in [-0.4, -0.2) is 17.4 Å². The predicted octanol–water partition coefficient (Wildman–Crippen LogP) is 2.14. The molecule has 0 bridgehead atoms. The van der Waals surface area contributed by atoms with Gasteiger partial charge in [0, 0.05) is 13.0 Å². The van der Waals surface area contributed by atoms with Crippen molar-refractivity contribution in [3.8, 4) is 0 Å². The van der Waals surface area contributed by atoms with E-state index >= 15 is 0 Å². The molecule has 0 aliphatic carbocycles. The molecule has 1 N–H and O–H groups in total. The van der Waals surface area contributed by atoms with Crippen molar-refractivity contribution < 1.29 is 4.79 Å². The maximum absolute atomic E-state index is 10.9. The number of fused-ring (bicyclic) bond motifs is 1. The van der Waals surface area contributed by atoms with Gasteiger partial charge >= 0.3 is 0 Å². The number of hydrogen-bond donors (Lipinski definition) is 1. The minimum Gasteiger partial charge on any atom is -0.352 e. The molecule has 3 nitrogen and oxygen atoms in total. The van der Waals surface area contributed by atoms with Gasteiger partial charge < -0.3 is 5.32 Å². The van der Waals surface area contributed by atoms with Gasteiger partial charge in [-0.2, -0.15) is 0 Å². The zero-order chi connectivity index (χ0) is 11.4. The van der Waals surface area contributed by atoms with Gasteiger partial charge in [0.15, 0.2) is 0 Å². The van der Waals surface area contributed by atoms with Crippen LogP contribution in [-0.2, 0) is 11.2 Å². The van der Waals surface area contributed by atoms with Gasteiger partial charge in [0.05, 0.1) is 15.2 Å². The van der Waals surface area contributed by atoms with Gasteiger partial charge in [-0.1, -0.05) is 18.7 Å². The van der Waals surface area contributed by atoms with E-state index in [0.717, 1.165) is 16.9 Å². The third-order valence-corrected chi connectivity index (χ3v) is 3.26. The van der Waals surface area contributed by atoms with Gasteiger partial charge in [0.2, 0.25) is 5.91 Å². The molecule has 1 heterocycles. The van der Waals surface area contributed by atoms with Crippen LogP contribution in [0.3, 0.4) is 0 Å². The summed E-state index contributed by atoms with van der Waals surface area (Å²) in [5.74, 6) is -0.138. The first-order valence-corrected chi connectivity index (χ1v) is 5.86. The van der Waals surface area contributed by atoms with E-state index in [4.69, 9.17) is 0 Å². The highest BCUT2D eigenvalue weighted by Gasteiger charge is 2.02. The second-order valence-electron chi connectivity index (χ2n) is 3.32. The average molecular weight is 232 g/mol. The monoisotopic (exact) mass is 232 g/mol. The molecule has 0 aliphatic rings. The van der Waals surface area contributed by atoms with Crippen LogP contribution in [0, 0.1) is 0 Å². The van der Waals surface area contributed by atoms with E-state index in [-0.39, 0.29) is 5.91 Å². The van der Waals surface area contributed by atoms with Crippen LogP contribution in [0.25, 0.3) is 10.2 Å². The summed E-state index contributed by atoms with van der Waals surface area (Å²) in [6.45, 7) is 4.00. The van der Waals surface area contributed by atoms with Crippen molar-refractivity contribution in [1.29, 1.82) is 0 Å². The zero-order valence-electron chi connectivity index (χ0n) is 8.77. The maximum Gasteiger partial charge on any atom is 0.243 e. The quantitative estimate of drug-likeness (QED) is 0.821. The first-order chi connectivity index (χ1) is 7.79. The molecule has 0 spiro atoms.